The van der Waals surface area contributed by atoms with Gasteiger partial charge in [0.25, 0.3) is 0 Å². The normalized spacial score (nSPS) is 11.5. The van der Waals surface area contributed by atoms with Crippen LogP contribution in [0.5, 0.6) is 0 Å². The first-order chi connectivity index (χ1) is 16.9. The Morgan fingerprint density at radius 2 is 1.38 bits per heavy atom. The topological polar surface area (TPSA) is 48.5 Å². The molecule has 0 bridgehead atoms. The van der Waals surface area contributed by atoms with E-state index in [1.54, 1.807) is 12.4 Å². The summed E-state index contributed by atoms with van der Waals surface area (Å²) in [6.07, 6.45) is 9.46. The molecule has 0 saturated heterocycles. The van der Waals surface area contributed by atoms with Crippen LogP contribution in [0.2, 0.25) is 0 Å². The lowest BCUT2D eigenvalue weighted by Gasteiger charge is -2.09. The summed E-state index contributed by atoms with van der Waals surface area (Å²) in [5.41, 5.74) is 6.49. The van der Waals surface area contributed by atoms with Gasteiger partial charge in [-0.1, -0.05) is 42.5 Å². The van der Waals surface area contributed by atoms with Gasteiger partial charge in [-0.05, 0) is 42.5 Å². The highest BCUT2D eigenvalue weighted by atomic mass is 15.0. The van der Waals surface area contributed by atoms with Crippen molar-refractivity contribution >= 4 is 32.7 Å². The largest absolute Gasteiger partial charge is 0.316 e. The van der Waals surface area contributed by atoms with Gasteiger partial charge in [-0.15, -0.1) is 0 Å². The first-order valence-corrected chi connectivity index (χ1v) is 11.2. The third-order valence-corrected chi connectivity index (χ3v) is 6.36. The Labute approximate surface area is 195 Å². The molecule has 0 atom stereocenters. The zero-order valence-electron chi connectivity index (χ0n) is 18.2. The second-order valence-corrected chi connectivity index (χ2v) is 8.27. The van der Waals surface area contributed by atoms with Crippen LogP contribution in [-0.2, 0) is 0 Å². The van der Waals surface area contributed by atoms with E-state index in [0.29, 0.717) is 5.82 Å². The maximum atomic E-state index is 4.67. The van der Waals surface area contributed by atoms with Gasteiger partial charge in [-0.2, -0.15) is 0 Å². The number of nitrogens with zero attached hydrogens (tertiary/aromatic N) is 5. The Morgan fingerprint density at radius 3 is 2.21 bits per heavy atom. The van der Waals surface area contributed by atoms with Crippen molar-refractivity contribution in [2.75, 3.05) is 0 Å². The maximum Gasteiger partial charge on any atom is 0.159 e. The van der Waals surface area contributed by atoms with E-state index in [0.717, 1.165) is 28.0 Å². The smallest absolute Gasteiger partial charge is 0.159 e. The summed E-state index contributed by atoms with van der Waals surface area (Å²) in [6, 6.07) is 29.4. The molecule has 0 spiro atoms. The van der Waals surface area contributed by atoms with E-state index in [2.05, 4.69) is 97.0 Å². The highest BCUT2D eigenvalue weighted by molar-refractivity contribution is 6.20. The van der Waals surface area contributed by atoms with Gasteiger partial charge in [-0.25, -0.2) is 9.97 Å². The van der Waals surface area contributed by atoms with Gasteiger partial charge < -0.3 is 9.13 Å². The molecule has 3 aromatic carbocycles. The van der Waals surface area contributed by atoms with Gasteiger partial charge >= 0.3 is 0 Å². The molecule has 0 aliphatic rings. The fourth-order valence-electron chi connectivity index (χ4n) is 4.85. The Bertz CT molecular complexity index is 1780. The number of aromatic nitrogens is 5. The Hall–Kier alpha value is -4.77. The minimum absolute atomic E-state index is 0.687. The zero-order valence-corrected chi connectivity index (χ0v) is 18.2. The molecule has 5 heteroatoms. The molecule has 0 aliphatic heterocycles. The number of benzene rings is 3. The number of fused-ring (bicyclic) bond motifs is 5. The molecule has 0 radical (unpaired) electrons. The summed E-state index contributed by atoms with van der Waals surface area (Å²) in [7, 11) is 0. The lowest BCUT2D eigenvalue weighted by Crippen LogP contribution is -1.98. The van der Waals surface area contributed by atoms with Gasteiger partial charge in [-0.3, -0.25) is 4.98 Å². The van der Waals surface area contributed by atoms with Crippen LogP contribution in [0.25, 0.3) is 55.5 Å². The molecular formula is C29H19N5. The summed E-state index contributed by atoms with van der Waals surface area (Å²) in [5.74, 6) is 0.687. The second kappa shape index (κ2) is 7.39. The fourth-order valence-corrected chi connectivity index (χ4v) is 4.85. The number of pyridine rings is 1. The molecule has 5 nitrogen and oxygen atoms in total. The molecule has 7 rings (SSSR count). The first kappa shape index (κ1) is 18.8. The molecule has 0 aliphatic carbocycles. The summed E-state index contributed by atoms with van der Waals surface area (Å²) in [5, 5.41) is 3.64. The Balaban J connectivity index is 1.52. The summed E-state index contributed by atoms with van der Waals surface area (Å²) in [4.78, 5) is 13.4. The molecule has 34 heavy (non-hydrogen) atoms. The van der Waals surface area contributed by atoms with Crippen molar-refractivity contribution < 1.29 is 0 Å². The van der Waals surface area contributed by atoms with E-state index in [4.69, 9.17) is 0 Å². The van der Waals surface area contributed by atoms with Crippen molar-refractivity contribution in [3.05, 3.63) is 116 Å². The van der Waals surface area contributed by atoms with Gasteiger partial charge in [0, 0.05) is 46.0 Å². The highest BCUT2D eigenvalue weighted by Gasteiger charge is 2.17. The molecule has 4 aromatic heterocycles. The van der Waals surface area contributed by atoms with Gasteiger partial charge in [0.15, 0.2) is 5.82 Å². The SMILES string of the molecule is c1ccc(-n2ccc3ccc4c(c5ccccc5n4-c4cnc(-c5ccncc5)nc4)c32)cc1. The van der Waals surface area contributed by atoms with Gasteiger partial charge in [0.2, 0.25) is 0 Å². The van der Waals surface area contributed by atoms with Gasteiger partial charge in [0.05, 0.1) is 34.6 Å². The molecule has 0 fully saturated rings. The molecule has 7 aromatic rings. The fraction of sp³-hybridized carbons (Fsp3) is 0. The highest BCUT2D eigenvalue weighted by Crippen LogP contribution is 2.37. The molecule has 0 saturated carbocycles. The minimum atomic E-state index is 0.687. The molecular weight excluding hydrogens is 418 g/mol. The first-order valence-electron chi connectivity index (χ1n) is 11.2. The van der Waals surface area contributed by atoms with Crippen LogP contribution in [0, 0.1) is 0 Å². The second-order valence-electron chi connectivity index (χ2n) is 8.27. The van der Waals surface area contributed by atoms with Crippen LogP contribution in [0.15, 0.2) is 116 Å². The van der Waals surface area contributed by atoms with Crippen molar-refractivity contribution in [1.29, 1.82) is 0 Å². The average molecular weight is 438 g/mol. The van der Waals surface area contributed by atoms with E-state index in [-0.39, 0.29) is 0 Å². The van der Waals surface area contributed by atoms with Crippen molar-refractivity contribution in [2.24, 2.45) is 0 Å². The summed E-state index contributed by atoms with van der Waals surface area (Å²) in [6.45, 7) is 0. The summed E-state index contributed by atoms with van der Waals surface area (Å²) < 4.78 is 4.53. The predicted molar refractivity (Wildman–Crippen MR) is 136 cm³/mol. The van der Waals surface area contributed by atoms with Crippen molar-refractivity contribution in [3.8, 4) is 22.8 Å². The number of hydrogen-bond acceptors (Lipinski definition) is 3. The van der Waals surface area contributed by atoms with E-state index in [1.165, 1.54) is 21.7 Å². The van der Waals surface area contributed by atoms with Crippen LogP contribution in [0.1, 0.15) is 0 Å². The van der Waals surface area contributed by atoms with Crippen LogP contribution in [0.3, 0.4) is 0 Å². The van der Waals surface area contributed by atoms with Crippen LogP contribution < -0.4 is 0 Å². The molecule has 0 N–H and O–H groups in total. The van der Waals surface area contributed by atoms with E-state index in [1.807, 2.05) is 30.6 Å². The molecule has 160 valence electrons. The van der Waals surface area contributed by atoms with E-state index >= 15 is 0 Å². The summed E-state index contributed by atoms with van der Waals surface area (Å²) >= 11 is 0. The quantitative estimate of drug-likeness (QED) is 0.314. The standard InChI is InChI=1S/C29H19N5/c1-2-6-22(7-3-1)33-17-14-20-10-11-26-27(28(20)33)24-8-4-5-9-25(24)34(26)23-18-31-29(32-19-23)21-12-15-30-16-13-21/h1-19H. The Kier molecular flexibility index (Phi) is 4.08. The monoisotopic (exact) mass is 437 g/mol. The molecule has 4 heterocycles. The van der Waals surface area contributed by atoms with Gasteiger partial charge in [0.1, 0.15) is 0 Å². The predicted octanol–water partition coefficient (Wildman–Crippen LogP) is 6.58. The molecule has 0 amide bonds. The van der Waals surface area contributed by atoms with Crippen LogP contribution in [0.4, 0.5) is 0 Å². The number of rotatable bonds is 3. The van der Waals surface area contributed by atoms with E-state index in [9.17, 15) is 0 Å². The van der Waals surface area contributed by atoms with Crippen LogP contribution in [-0.4, -0.2) is 24.1 Å². The minimum Gasteiger partial charge on any atom is -0.316 e. The van der Waals surface area contributed by atoms with Crippen molar-refractivity contribution in [3.63, 3.8) is 0 Å². The zero-order chi connectivity index (χ0) is 22.5. The maximum absolute atomic E-state index is 4.67. The third kappa shape index (κ3) is 2.77. The molecule has 0 unspecified atom stereocenters. The average Bonchev–Trinajstić information content (AvgIpc) is 3.49. The number of hydrogen-bond donors (Lipinski definition) is 0. The van der Waals surface area contributed by atoms with E-state index < -0.39 is 0 Å². The lowest BCUT2D eigenvalue weighted by atomic mass is 10.1. The van der Waals surface area contributed by atoms with Crippen LogP contribution >= 0.6 is 0 Å². The Morgan fingerprint density at radius 1 is 0.618 bits per heavy atom. The number of para-hydroxylation sites is 2. The lowest BCUT2D eigenvalue weighted by molar-refractivity contribution is 1.08. The third-order valence-electron chi connectivity index (χ3n) is 6.36. The van der Waals surface area contributed by atoms with Crippen molar-refractivity contribution in [2.45, 2.75) is 0 Å². The van der Waals surface area contributed by atoms with Crippen molar-refractivity contribution in [1.82, 2.24) is 24.1 Å².